The summed E-state index contributed by atoms with van der Waals surface area (Å²) in [5.41, 5.74) is 2.31. The molecule has 0 radical (unpaired) electrons. The minimum Gasteiger partial charge on any atom is -0.497 e. The Balaban J connectivity index is 1.36. The summed E-state index contributed by atoms with van der Waals surface area (Å²) in [6.45, 7) is 2.75. The lowest BCUT2D eigenvalue weighted by molar-refractivity contribution is -0.121. The smallest absolute Gasteiger partial charge is 0.220 e. The number of para-hydroxylation sites is 1. The maximum absolute atomic E-state index is 12.1. The molecule has 0 aliphatic rings. The van der Waals surface area contributed by atoms with Crippen LogP contribution in [0.2, 0.25) is 0 Å². The highest BCUT2D eigenvalue weighted by atomic mass is 32.1. The predicted molar refractivity (Wildman–Crippen MR) is 112 cm³/mol. The summed E-state index contributed by atoms with van der Waals surface area (Å²) in [7, 11) is 1.67. The molecule has 1 unspecified atom stereocenters. The van der Waals surface area contributed by atoms with Gasteiger partial charge in [0.15, 0.2) is 0 Å². The van der Waals surface area contributed by atoms with Crippen LogP contribution in [0.1, 0.15) is 42.7 Å². The van der Waals surface area contributed by atoms with Gasteiger partial charge in [0.25, 0.3) is 0 Å². The maximum atomic E-state index is 12.1. The minimum atomic E-state index is 0.123. The second-order valence-electron chi connectivity index (χ2n) is 6.78. The lowest BCUT2D eigenvalue weighted by Crippen LogP contribution is -2.27. The third-order valence-corrected chi connectivity index (χ3v) is 5.88. The number of hydrogen-bond donors (Lipinski definition) is 1. The van der Waals surface area contributed by atoms with Crippen molar-refractivity contribution in [3.05, 3.63) is 59.1 Å². The number of ether oxygens (including phenoxy) is 1. The summed E-state index contributed by atoms with van der Waals surface area (Å²) in [5.74, 6) is 1.23. The summed E-state index contributed by atoms with van der Waals surface area (Å²) < 4.78 is 6.36. The van der Waals surface area contributed by atoms with E-state index in [4.69, 9.17) is 4.74 Å². The zero-order chi connectivity index (χ0) is 19.1. The van der Waals surface area contributed by atoms with Crippen molar-refractivity contribution >= 4 is 27.5 Å². The summed E-state index contributed by atoms with van der Waals surface area (Å²) in [6.07, 6.45) is 3.46. The summed E-state index contributed by atoms with van der Waals surface area (Å²) in [6, 6.07) is 16.3. The van der Waals surface area contributed by atoms with Crippen LogP contribution in [0.15, 0.2) is 48.5 Å². The van der Waals surface area contributed by atoms with Crippen LogP contribution in [0.5, 0.6) is 5.75 Å². The van der Waals surface area contributed by atoms with Gasteiger partial charge in [-0.05, 0) is 49.1 Å². The van der Waals surface area contributed by atoms with Gasteiger partial charge < -0.3 is 10.1 Å². The topological polar surface area (TPSA) is 51.2 Å². The Morgan fingerprint density at radius 3 is 2.67 bits per heavy atom. The summed E-state index contributed by atoms with van der Waals surface area (Å²) in [5, 5.41) is 4.13. The number of carbonyl (C=O) groups is 1. The van der Waals surface area contributed by atoms with Gasteiger partial charge in [0.2, 0.25) is 5.91 Å². The Bertz CT molecular complexity index is 840. The van der Waals surface area contributed by atoms with E-state index in [1.807, 2.05) is 30.3 Å². The monoisotopic (exact) mass is 382 g/mol. The van der Waals surface area contributed by atoms with Crippen LogP contribution in [-0.2, 0) is 11.2 Å². The molecule has 3 rings (SSSR count). The van der Waals surface area contributed by atoms with E-state index in [0.717, 1.165) is 35.5 Å². The molecule has 1 amide bonds. The molecule has 0 bridgehead atoms. The Morgan fingerprint density at radius 1 is 1.15 bits per heavy atom. The van der Waals surface area contributed by atoms with E-state index in [1.54, 1.807) is 18.4 Å². The molecule has 1 atom stereocenters. The van der Waals surface area contributed by atoms with Gasteiger partial charge in [0, 0.05) is 18.9 Å². The van der Waals surface area contributed by atoms with Gasteiger partial charge in [-0.25, -0.2) is 4.98 Å². The van der Waals surface area contributed by atoms with Crippen LogP contribution < -0.4 is 10.1 Å². The van der Waals surface area contributed by atoms with E-state index in [2.05, 4.69) is 35.4 Å². The first-order valence-corrected chi connectivity index (χ1v) is 10.2. The highest BCUT2D eigenvalue weighted by Crippen LogP contribution is 2.26. The van der Waals surface area contributed by atoms with Gasteiger partial charge in [-0.15, -0.1) is 11.3 Å². The second kappa shape index (κ2) is 9.51. The lowest BCUT2D eigenvalue weighted by Gasteiger charge is -2.10. The van der Waals surface area contributed by atoms with Crippen molar-refractivity contribution in [2.45, 2.75) is 38.5 Å². The number of fused-ring (bicyclic) bond motifs is 1. The number of rotatable bonds is 9. The van der Waals surface area contributed by atoms with Crippen LogP contribution >= 0.6 is 11.3 Å². The standard InChI is InChI=1S/C22H26N2O2S/c1-16(22-24-19-8-4-5-9-20(19)27-22)15-23-21(25)10-6-3-7-17-11-13-18(26-2)14-12-17/h4-5,8-9,11-14,16H,3,6-7,10,15H2,1-2H3,(H,23,25). The van der Waals surface area contributed by atoms with Gasteiger partial charge in [-0.2, -0.15) is 0 Å². The number of aryl methyl sites for hydroxylation is 1. The van der Waals surface area contributed by atoms with Gasteiger partial charge in [0.1, 0.15) is 5.75 Å². The van der Waals surface area contributed by atoms with E-state index in [0.29, 0.717) is 13.0 Å². The number of thiazole rings is 1. The zero-order valence-corrected chi connectivity index (χ0v) is 16.7. The van der Waals surface area contributed by atoms with E-state index >= 15 is 0 Å². The molecule has 0 fully saturated rings. The third-order valence-electron chi connectivity index (χ3n) is 4.62. The third kappa shape index (κ3) is 5.54. The molecular formula is C22H26N2O2S. The Kier molecular flexibility index (Phi) is 6.82. The molecule has 0 saturated carbocycles. The number of amides is 1. The quantitative estimate of drug-likeness (QED) is 0.534. The molecule has 3 aromatic rings. The van der Waals surface area contributed by atoms with Crippen LogP contribution in [0, 0.1) is 0 Å². The molecular weight excluding hydrogens is 356 g/mol. The molecule has 0 aliphatic carbocycles. The molecule has 27 heavy (non-hydrogen) atoms. The fraction of sp³-hybridized carbons (Fsp3) is 0.364. The number of hydrogen-bond acceptors (Lipinski definition) is 4. The molecule has 0 spiro atoms. The van der Waals surface area contributed by atoms with Crippen LogP contribution in [0.25, 0.3) is 10.2 Å². The number of nitrogens with one attached hydrogen (secondary N) is 1. The Labute approximate surface area is 164 Å². The highest BCUT2D eigenvalue weighted by Gasteiger charge is 2.12. The maximum Gasteiger partial charge on any atom is 0.220 e. The highest BCUT2D eigenvalue weighted by molar-refractivity contribution is 7.18. The fourth-order valence-electron chi connectivity index (χ4n) is 2.95. The zero-order valence-electron chi connectivity index (χ0n) is 15.9. The summed E-state index contributed by atoms with van der Waals surface area (Å²) >= 11 is 1.71. The van der Waals surface area contributed by atoms with E-state index < -0.39 is 0 Å². The Hall–Kier alpha value is -2.40. The van der Waals surface area contributed by atoms with Crippen molar-refractivity contribution in [1.29, 1.82) is 0 Å². The van der Waals surface area contributed by atoms with E-state index in [-0.39, 0.29) is 11.8 Å². The first kappa shape index (κ1) is 19.4. The van der Waals surface area contributed by atoms with Crippen LogP contribution in [0.3, 0.4) is 0 Å². The number of nitrogens with zero attached hydrogens (tertiary/aromatic N) is 1. The van der Waals surface area contributed by atoms with Gasteiger partial charge in [-0.3, -0.25) is 4.79 Å². The van der Waals surface area contributed by atoms with Crippen molar-refractivity contribution in [3.8, 4) is 5.75 Å². The van der Waals surface area contributed by atoms with Gasteiger partial charge in [-0.1, -0.05) is 31.2 Å². The second-order valence-corrected chi connectivity index (χ2v) is 7.84. The molecule has 1 N–H and O–H groups in total. The number of aromatic nitrogens is 1. The Morgan fingerprint density at radius 2 is 1.93 bits per heavy atom. The summed E-state index contributed by atoms with van der Waals surface area (Å²) in [4.78, 5) is 16.8. The van der Waals surface area contributed by atoms with Crippen molar-refractivity contribution < 1.29 is 9.53 Å². The van der Waals surface area contributed by atoms with Crippen molar-refractivity contribution in [2.75, 3.05) is 13.7 Å². The minimum absolute atomic E-state index is 0.123. The van der Waals surface area contributed by atoms with Crippen molar-refractivity contribution in [2.24, 2.45) is 0 Å². The normalized spacial score (nSPS) is 12.1. The number of unbranched alkanes of at least 4 members (excludes halogenated alkanes) is 1. The molecule has 1 heterocycles. The first-order valence-electron chi connectivity index (χ1n) is 9.41. The molecule has 2 aromatic carbocycles. The van der Waals surface area contributed by atoms with Gasteiger partial charge in [0.05, 0.1) is 22.3 Å². The van der Waals surface area contributed by atoms with Crippen molar-refractivity contribution in [3.63, 3.8) is 0 Å². The van der Waals surface area contributed by atoms with Crippen LogP contribution in [0.4, 0.5) is 0 Å². The number of carbonyl (C=O) groups excluding carboxylic acids is 1. The molecule has 0 aliphatic heterocycles. The van der Waals surface area contributed by atoms with Crippen LogP contribution in [-0.4, -0.2) is 24.5 Å². The fourth-order valence-corrected chi connectivity index (χ4v) is 3.97. The predicted octanol–water partition coefficient (Wildman–Crippen LogP) is 4.94. The molecule has 0 saturated heterocycles. The molecule has 4 nitrogen and oxygen atoms in total. The van der Waals surface area contributed by atoms with Gasteiger partial charge >= 0.3 is 0 Å². The number of methoxy groups -OCH3 is 1. The molecule has 1 aromatic heterocycles. The van der Waals surface area contributed by atoms with E-state index in [9.17, 15) is 4.79 Å². The molecule has 142 valence electrons. The average Bonchev–Trinajstić information content (AvgIpc) is 3.14. The SMILES string of the molecule is COc1ccc(CCCCC(=O)NCC(C)c2nc3ccccc3s2)cc1. The first-order chi connectivity index (χ1) is 13.2. The molecule has 5 heteroatoms. The number of benzene rings is 2. The van der Waals surface area contributed by atoms with E-state index in [1.165, 1.54) is 10.3 Å². The lowest BCUT2D eigenvalue weighted by atomic mass is 10.1. The average molecular weight is 383 g/mol. The largest absolute Gasteiger partial charge is 0.497 e. The van der Waals surface area contributed by atoms with Crippen molar-refractivity contribution in [1.82, 2.24) is 10.3 Å².